The van der Waals surface area contributed by atoms with E-state index in [0.717, 1.165) is 54.9 Å². The number of hydrogen-bond acceptors (Lipinski definition) is 4. The van der Waals surface area contributed by atoms with Gasteiger partial charge in [-0.3, -0.25) is 14.3 Å². The Morgan fingerprint density at radius 1 is 0.943 bits per heavy atom. The highest BCUT2D eigenvalue weighted by Gasteiger charge is 2.30. The number of aromatic nitrogens is 2. The Kier molecular flexibility index (Phi) is 7.42. The average Bonchev–Trinajstić information content (AvgIpc) is 3.58. The Labute approximate surface area is 210 Å². The van der Waals surface area contributed by atoms with E-state index in [4.69, 9.17) is 5.10 Å². The summed E-state index contributed by atoms with van der Waals surface area (Å²) in [5, 5.41) is 6.86. The van der Waals surface area contributed by atoms with Crippen LogP contribution in [0.25, 0.3) is 16.6 Å². The van der Waals surface area contributed by atoms with Crippen LogP contribution in [0.5, 0.6) is 0 Å². The van der Waals surface area contributed by atoms with Crippen LogP contribution in [-0.4, -0.2) is 57.6 Å². The van der Waals surface area contributed by atoms with Crippen molar-refractivity contribution in [3.8, 4) is 10.6 Å². The molecule has 182 valence electrons. The predicted octanol–water partition coefficient (Wildman–Crippen LogP) is 4.92. The Morgan fingerprint density at radius 3 is 2.43 bits per heavy atom. The lowest BCUT2D eigenvalue weighted by molar-refractivity contribution is -0.140. The Balaban J connectivity index is 1.23. The first-order valence-corrected chi connectivity index (χ1v) is 13.5. The number of thiophene rings is 1. The quantitative estimate of drug-likeness (QED) is 0.463. The summed E-state index contributed by atoms with van der Waals surface area (Å²) in [4.78, 5) is 30.8. The topological polar surface area (TPSA) is 58.4 Å². The number of rotatable bonds is 6. The summed E-state index contributed by atoms with van der Waals surface area (Å²) >= 11 is 1.65. The molecule has 0 radical (unpaired) electrons. The summed E-state index contributed by atoms with van der Waals surface area (Å²) in [5.74, 6) is 0.350. The van der Waals surface area contributed by atoms with E-state index in [1.807, 2.05) is 56.4 Å². The molecule has 4 heterocycles. The van der Waals surface area contributed by atoms with Crippen LogP contribution in [0, 0.1) is 5.92 Å². The highest BCUT2D eigenvalue weighted by Crippen LogP contribution is 2.28. The molecule has 0 aliphatic carbocycles. The molecule has 2 fully saturated rings. The van der Waals surface area contributed by atoms with Crippen LogP contribution in [-0.2, 0) is 16.1 Å². The highest BCUT2D eigenvalue weighted by molar-refractivity contribution is 7.13. The van der Waals surface area contributed by atoms with Crippen LogP contribution >= 0.6 is 11.3 Å². The maximum absolute atomic E-state index is 13.0. The van der Waals surface area contributed by atoms with Crippen molar-refractivity contribution in [2.45, 2.75) is 38.6 Å². The number of amides is 2. The summed E-state index contributed by atoms with van der Waals surface area (Å²) < 4.78 is 1.94. The molecule has 2 aliphatic heterocycles. The zero-order valence-electron chi connectivity index (χ0n) is 20.0. The molecule has 3 aromatic rings. The van der Waals surface area contributed by atoms with E-state index in [0.29, 0.717) is 25.5 Å². The van der Waals surface area contributed by atoms with Gasteiger partial charge in [0.15, 0.2) is 0 Å². The van der Waals surface area contributed by atoms with Gasteiger partial charge in [0, 0.05) is 49.9 Å². The molecule has 35 heavy (non-hydrogen) atoms. The summed E-state index contributed by atoms with van der Waals surface area (Å²) in [6.45, 7) is 3.74. The van der Waals surface area contributed by atoms with Gasteiger partial charge in [0.1, 0.15) is 5.69 Å². The number of benzene rings is 1. The number of hydrogen-bond donors (Lipinski definition) is 0. The van der Waals surface area contributed by atoms with Gasteiger partial charge in [0.25, 0.3) is 0 Å². The van der Waals surface area contributed by atoms with Crippen LogP contribution in [0.3, 0.4) is 0 Å². The molecule has 2 amide bonds. The van der Waals surface area contributed by atoms with Crippen molar-refractivity contribution in [3.05, 3.63) is 71.2 Å². The van der Waals surface area contributed by atoms with Crippen molar-refractivity contribution >= 4 is 29.2 Å². The molecule has 0 saturated carbocycles. The minimum Gasteiger partial charge on any atom is -0.342 e. The lowest BCUT2D eigenvalue weighted by Gasteiger charge is -2.35. The number of piperidine rings is 2. The van der Waals surface area contributed by atoms with Crippen molar-refractivity contribution in [2.24, 2.45) is 5.92 Å². The van der Waals surface area contributed by atoms with Gasteiger partial charge in [-0.1, -0.05) is 36.4 Å². The lowest BCUT2D eigenvalue weighted by Crippen LogP contribution is -2.45. The molecule has 7 heteroatoms. The molecule has 0 bridgehead atoms. The third-order valence-corrected chi connectivity index (χ3v) is 7.84. The third-order valence-electron chi connectivity index (χ3n) is 6.96. The molecular formula is C28H32N4O2S. The van der Waals surface area contributed by atoms with E-state index in [2.05, 4.69) is 18.2 Å². The SMILES string of the molecule is O=C(/C=C/c1cn(Cc2ccccc2)nc1-c1cccs1)N1CCC(C(=O)N2CCCCC2)CC1. The molecule has 2 aliphatic rings. The average molecular weight is 489 g/mol. The van der Waals surface area contributed by atoms with E-state index < -0.39 is 0 Å². The number of carbonyl (C=O) groups is 2. The van der Waals surface area contributed by atoms with Crippen molar-refractivity contribution in [2.75, 3.05) is 26.2 Å². The number of carbonyl (C=O) groups excluding carboxylic acids is 2. The smallest absolute Gasteiger partial charge is 0.246 e. The molecule has 6 nitrogen and oxygen atoms in total. The second-order valence-corrected chi connectivity index (χ2v) is 10.4. The maximum Gasteiger partial charge on any atom is 0.246 e. The van der Waals surface area contributed by atoms with Gasteiger partial charge in [0.05, 0.1) is 11.4 Å². The minimum atomic E-state index is 0.00168. The molecular weight excluding hydrogens is 456 g/mol. The van der Waals surface area contributed by atoms with E-state index in [9.17, 15) is 9.59 Å². The van der Waals surface area contributed by atoms with Gasteiger partial charge in [-0.05, 0) is 55.2 Å². The maximum atomic E-state index is 13.0. The summed E-state index contributed by atoms with van der Waals surface area (Å²) in [5.41, 5.74) is 3.01. The van der Waals surface area contributed by atoms with E-state index in [1.54, 1.807) is 17.4 Å². The van der Waals surface area contributed by atoms with Gasteiger partial charge in [0.2, 0.25) is 11.8 Å². The van der Waals surface area contributed by atoms with E-state index in [-0.39, 0.29) is 11.8 Å². The fourth-order valence-corrected chi connectivity index (χ4v) is 5.73. The van der Waals surface area contributed by atoms with Crippen LogP contribution < -0.4 is 0 Å². The van der Waals surface area contributed by atoms with Gasteiger partial charge in [-0.2, -0.15) is 5.10 Å². The van der Waals surface area contributed by atoms with Crippen molar-refractivity contribution in [1.29, 1.82) is 0 Å². The standard InChI is InChI=1S/C28H32N4O2S/c33-26(30-17-13-23(14-18-30)28(34)31-15-5-2-6-16-31)12-11-24-21-32(20-22-8-3-1-4-9-22)29-27(24)25-10-7-19-35-25/h1,3-4,7-12,19,21,23H,2,5-6,13-18,20H2/b12-11+. The van der Waals surface area contributed by atoms with Crippen LogP contribution in [0.1, 0.15) is 43.2 Å². The third kappa shape index (κ3) is 5.73. The molecule has 0 N–H and O–H groups in total. The van der Waals surface area contributed by atoms with E-state index in [1.165, 1.54) is 12.0 Å². The molecule has 0 spiro atoms. The zero-order chi connectivity index (χ0) is 24.0. The first kappa shape index (κ1) is 23.5. The van der Waals surface area contributed by atoms with Crippen molar-refractivity contribution < 1.29 is 9.59 Å². The number of likely N-dealkylation sites (tertiary alicyclic amines) is 2. The fourth-order valence-electron chi connectivity index (χ4n) is 5.00. The van der Waals surface area contributed by atoms with Gasteiger partial charge in [-0.25, -0.2) is 0 Å². The predicted molar refractivity (Wildman–Crippen MR) is 140 cm³/mol. The van der Waals surface area contributed by atoms with Crippen LogP contribution in [0.2, 0.25) is 0 Å². The second kappa shape index (κ2) is 11.0. The minimum absolute atomic E-state index is 0.00168. The monoisotopic (exact) mass is 488 g/mol. The molecule has 0 unspecified atom stereocenters. The highest BCUT2D eigenvalue weighted by atomic mass is 32.1. The summed E-state index contributed by atoms with van der Waals surface area (Å²) in [7, 11) is 0. The Hall–Kier alpha value is -3.19. The second-order valence-electron chi connectivity index (χ2n) is 9.41. The molecule has 1 aromatic carbocycles. The van der Waals surface area contributed by atoms with Gasteiger partial charge < -0.3 is 9.80 Å². The molecule has 2 saturated heterocycles. The van der Waals surface area contributed by atoms with Crippen molar-refractivity contribution in [1.82, 2.24) is 19.6 Å². The van der Waals surface area contributed by atoms with Crippen LogP contribution in [0.15, 0.2) is 60.1 Å². The molecule has 5 rings (SSSR count). The Bertz CT molecular complexity index is 1160. The largest absolute Gasteiger partial charge is 0.342 e. The Morgan fingerprint density at radius 2 is 1.71 bits per heavy atom. The van der Waals surface area contributed by atoms with Gasteiger partial charge >= 0.3 is 0 Å². The molecule has 2 aromatic heterocycles. The van der Waals surface area contributed by atoms with E-state index >= 15 is 0 Å². The first-order valence-electron chi connectivity index (χ1n) is 12.6. The first-order chi connectivity index (χ1) is 17.2. The van der Waals surface area contributed by atoms with Crippen LogP contribution in [0.4, 0.5) is 0 Å². The lowest BCUT2D eigenvalue weighted by atomic mass is 9.94. The summed E-state index contributed by atoms with van der Waals surface area (Å²) in [6.07, 6.45) is 10.5. The van der Waals surface area contributed by atoms with Crippen molar-refractivity contribution in [3.63, 3.8) is 0 Å². The zero-order valence-corrected chi connectivity index (χ0v) is 20.8. The number of nitrogens with zero attached hydrogens (tertiary/aromatic N) is 4. The normalized spacial score (nSPS) is 17.3. The van der Waals surface area contributed by atoms with Gasteiger partial charge in [-0.15, -0.1) is 11.3 Å². The summed E-state index contributed by atoms with van der Waals surface area (Å²) in [6, 6.07) is 14.3. The molecule has 0 atom stereocenters. The fraction of sp³-hybridized carbons (Fsp3) is 0.393.